The Kier molecular flexibility index (Phi) is 5.12. The molecular formula is C16H15F2N5O4. The molecule has 4 N–H and O–H groups in total. The lowest BCUT2D eigenvalue weighted by atomic mass is 9.90. The van der Waals surface area contributed by atoms with Crippen LogP contribution in [-0.4, -0.2) is 46.9 Å². The molecule has 1 atom stereocenters. The number of nitrogens with one attached hydrogen (secondary N) is 1. The molecule has 0 saturated heterocycles. The number of aliphatic imine (C=N–C) groups is 1. The molecule has 3 rings (SSSR count). The normalized spacial score (nSPS) is 19.4. The third kappa shape index (κ3) is 4.08. The maximum absolute atomic E-state index is 13.8. The first-order valence-electron chi connectivity index (χ1n) is 7.71. The van der Waals surface area contributed by atoms with Crippen molar-refractivity contribution >= 4 is 17.6 Å². The summed E-state index contributed by atoms with van der Waals surface area (Å²) >= 11 is 0. The van der Waals surface area contributed by atoms with E-state index < -0.39 is 18.1 Å². The number of carbonyl (C=O) groups excluding carboxylic acids is 1. The summed E-state index contributed by atoms with van der Waals surface area (Å²) in [7, 11) is 0. The van der Waals surface area contributed by atoms with Gasteiger partial charge in [0.2, 0.25) is 11.8 Å². The van der Waals surface area contributed by atoms with Gasteiger partial charge in [-0.25, -0.2) is 13.6 Å². The zero-order chi connectivity index (χ0) is 19.4. The highest BCUT2D eigenvalue weighted by molar-refractivity contribution is 5.86. The highest BCUT2D eigenvalue weighted by Gasteiger charge is 2.44. The Morgan fingerprint density at radius 1 is 1.33 bits per heavy atom. The van der Waals surface area contributed by atoms with Crippen molar-refractivity contribution < 1.29 is 28.2 Å². The molecule has 11 heteroatoms. The van der Waals surface area contributed by atoms with E-state index >= 15 is 0 Å². The van der Waals surface area contributed by atoms with Crippen molar-refractivity contribution in [3.8, 4) is 11.8 Å². The summed E-state index contributed by atoms with van der Waals surface area (Å²) in [5.74, 6) is -0.518. The maximum atomic E-state index is 13.8. The van der Waals surface area contributed by atoms with Crippen LogP contribution in [0.15, 0.2) is 41.4 Å². The third-order valence-electron chi connectivity index (χ3n) is 3.71. The molecule has 0 fully saturated rings. The van der Waals surface area contributed by atoms with Gasteiger partial charge in [0.25, 0.3) is 6.43 Å². The van der Waals surface area contributed by atoms with Gasteiger partial charge >= 0.3 is 6.09 Å². The molecule has 2 aromatic rings. The van der Waals surface area contributed by atoms with Crippen LogP contribution >= 0.6 is 0 Å². The fraction of sp³-hybridized carbons (Fsp3) is 0.250. The van der Waals surface area contributed by atoms with Gasteiger partial charge in [0.1, 0.15) is 12.4 Å². The van der Waals surface area contributed by atoms with E-state index in [1.807, 2.05) is 0 Å². The van der Waals surface area contributed by atoms with Crippen molar-refractivity contribution in [3.05, 3.63) is 42.0 Å². The number of rotatable bonds is 4. The molecule has 1 aliphatic heterocycles. The van der Waals surface area contributed by atoms with Gasteiger partial charge in [0.05, 0.1) is 6.61 Å². The van der Waals surface area contributed by atoms with Crippen LogP contribution in [0.1, 0.15) is 5.56 Å². The molecule has 0 radical (unpaired) electrons. The van der Waals surface area contributed by atoms with Crippen LogP contribution < -0.4 is 15.8 Å². The van der Waals surface area contributed by atoms with Gasteiger partial charge in [-0.2, -0.15) is 0 Å². The van der Waals surface area contributed by atoms with Gasteiger partial charge in [0.15, 0.2) is 5.54 Å². The number of halogens is 2. The summed E-state index contributed by atoms with van der Waals surface area (Å²) in [4.78, 5) is 15.8. The van der Waals surface area contributed by atoms with Crippen molar-refractivity contribution in [1.82, 2.24) is 10.2 Å². The van der Waals surface area contributed by atoms with E-state index in [4.69, 9.17) is 20.3 Å². The standard InChI is InChI=1S/C16H15F2N5O4/c17-14(18)16(8-26-7-11(19)21-16)9-2-1-3-10(6-9)20-15(25)27-13-5-4-12(24)22-23-13/h1-6,14H,7-8H2,(H2,19,21)(H,20,25)(H,22,24). The number of nitrogens with zero attached hydrogens (tertiary/aromatic N) is 3. The predicted molar refractivity (Wildman–Crippen MR) is 89.9 cm³/mol. The summed E-state index contributed by atoms with van der Waals surface area (Å²) in [6, 6.07) is 8.18. The van der Waals surface area contributed by atoms with Crippen LogP contribution in [0.25, 0.3) is 0 Å². The Morgan fingerprint density at radius 2 is 2.15 bits per heavy atom. The maximum Gasteiger partial charge on any atom is 0.418 e. The molecule has 142 valence electrons. The molecule has 1 unspecified atom stereocenters. The number of aromatic hydroxyl groups is 1. The van der Waals surface area contributed by atoms with Gasteiger partial charge in [-0.3, -0.25) is 10.3 Å². The minimum Gasteiger partial charge on any atom is -0.492 e. The van der Waals surface area contributed by atoms with Crippen LogP contribution in [-0.2, 0) is 10.3 Å². The second-order valence-corrected chi connectivity index (χ2v) is 5.65. The number of carbonyl (C=O) groups is 1. The van der Waals surface area contributed by atoms with E-state index in [1.165, 1.54) is 36.4 Å². The number of benzene rings is 1. The Labute approximate surface area is 151 Å². The molecule has 0 spiro atoms. The second kappa shape index (κ2) is 7.50. The Hall–Kier alpha value is -3.34. The van der Waals surface area contributed by atoms with Gasteiger partial charge in [0, 0.05) is 17.8 Å². The smallest absolute Gasteiger partial charge is 0.418 e. The molecular weight excluding hydrogens is 364 g/mol. The molecule has 0 aliphatic carbocycles. The summed E-state index contributed by atoms with van der Waals surface area (Å²) in [6.07, 6.45) is -3.79. The fourth-order valence-corrected chi connectivity index (χ4v) is 2.49. The first-order valence-corrected chi connectivity index (χ1v) is 7.71. The Morgan fingerprint density at radius 3 is 2.81 bits per heavy atom. The number of alkyl halides is 2. The zero-order valence-electron chi connectivity index (χ0n) is 13.8. The van der Waals surface area contributed by atoms with Crippen molar-refractivity contribution in [1.29, 1.82) is 0 Å². The van der Waals surface area contributed by atoms with Crippen molar-refractivity contribution in [3.63, 3.8) is 0 Å². The quantitative estimate of drug-likeness (QED) is 0.736. The molecule has 0 saturated carbocycles. The SMILES string of the molecule is NC1=NC(c2cccc(NC(=O)Oc3ccc(O)nn3)c2)(C(F)F)COC1. The number of amides is 1. The Balaban J connectivity index is 1.79. The monoisotopic (exact) mass is 379 g/mol. The fourth-order valence-electron chi connectivity index (χ4n) is 2.49. The molecule has 2 heterocycles. The average Bonchev–Trinajstić information content (AvgIpc) is 2.63. The first kappa shape index (κ1) is 18.5. The third-order valence-corrected chi connectivity index (χ3v) is 3.71. The van der Waals surface area contributed by atoms with Crippen LogP contribution in [0.3, 0.4) is 0 Å². The second-order valence-electron chi connectivity index (χ2n) is 5.65. The molecule has 1 amide bonds. The molecule has 1 aliphatic rings. The summed E-state index contributed by atoms with van der Waals surface area (Å²) in [6.45, 7) is -0.366. The summed E-state index contributed by atoms with van der Waals surface area (Å²) in [5.41, 5.74) is 3.95. The highest BCUT2D eigenvalue weighted by Crippen LogP contribution is 2.36. The Bertz CT molecular complexity index is 862. The molecule has 27 heavy (non-hydrogen) atoms. The lowest BCUT2D eigenvalue weighted by molar-refractivity contribution is -0.0129. The van der Waals surface area contributed by atoms with E-state index in [0.717, 1.165) is 0 Å². The lowest BCUT2D eigenvalue weighted by Crippen LogP contribution is -2.44. The van der Waals surface area contributed by atoms with Gasteiger partial charge in [-0.1, -0.05) is 12.1 Å². The van der Waals surface area contributed by atoms with Gasteiger partial charge < -0.3 is 20.3 Å². The largest absolute Gasteiger partial charge is 0.492 e. The van der Waals surface area contributed by atoms with Crippen LogP contribution in [0, 0.1) is 0 Å². The molecule has 1 aromatic heterocycles. The van der Waals surface area contributed by atoms with E-state index in [2.05, 4.69) is 20.5 Å². The minimum atomic E-state index is -2.87. The molecule has 9 nitrogen and oxygen atoms in total. The average molecular weight is 379 g/mol. The number of anilines is 1. The number of amidine groups is 1. The molecule has 0 bridgehead atoms. The minimum absolute atomic E-state index is 0.0214. The van der Waals surface area contributed by atoms with E-state index in [-0.39, 0.29) is 42.1 Å². The lowest BCUT2D eigenvalue weighted by Gasteiger charge is -2.33. The van der Waals surface area contributed by atoms with Crippen molar-refractivity contribution in [2.75, 3.05) is 18.5 Å². The van der Waals surface area contributed by atoms with Crippen LogP contribution in [0.5, 0.6) is 11.8 Å². The summed E-state index contributed by atoms with van der Waals surface area (Å²) in [5, 5.41) is 18.2. The van der Waals surface area contributed by atoms with Crippen molar-refractivity contribution in [2.24, 2.45) is 10.7 Å². The van der Waals surface area contributed by atoms with Crippen LogP contribution in [0.4, 0.5) is 19.3 Å². The van der Waals surface area contributed by atoms with Gasteiger partial charge in [-0.05, 0) is 17.7 Å². The number of nitrogens with two attached hydrogens (primary N) is 1. The van der Waals surface area contributed by atoms with Gasteiger partial charge in [-0.15, -0.1) is 10.2 Å². The predicted octanol–water partition coefficient (Wildman–Crippen LogP) is 1.64. The number of hydrogen-bond donors (Lipinski definition) is 3. The topological polar surface area (TPSA) is 132 Å². The first-order chi connectivity index (χ1) is 12.9. The van der Waals surface area contributed by atoms with Crippen molar-refractivity contribution in [2.45, 2.75) is 12.0 Å². The summed E-state index contributed by atoms with van der Waals surface area (Å²) < 4.78 is 37.6. The van der Waals surface area contributed by atoms with E-state index in [0.29, 0.717) is 0 Å². The van der Waals surface area contributed by atoms with E-state index in [9.17, 15) is 13.6 Å². The van der Waals surface area contributed by atoms with Crippen LogP contribution in [0.2, 0.25) is 0 Å². The number of ether oxygens (including phenoxy) is 2. The molecule has 1 aromatic carbocycles. The highest BCUT2D eigenvalue weighted by atomic mass is 19.3. The number of hydrogen-bond acceptors (Lipinski definition) is 8. The number of aromatic nitrogens is 2. The zero-order valence-corrected chi connectivity index (χ0v) is 13.8. The van der Waals surface area contributed by atoms with E-state index in [1.54, 1.807) is 0 Å².